The van der Waals surface area contributed by atoms with Crippen molar-refractivity contribution in [1.29, 1.82) is 0 Å². The van der Waals surface area contributed by atoms with Gasteiger partial charge in [0.05, 0.1) is 0 Å². The molecule has 0 aromatic heterocycles. The zero-order chi connectivity index (χ0) is 15.4. The second-order valence-corrected chi connectivity index (χ2v) is 13.7. The summed E-state index contributed by atoms with van der Waals surface area (Å²) in [6, 6.07) is 12.2. The molecule has 0 atom stereocenters. The van der Waals surface area contributed by atoms with Crippen molar-refractivity contribution in [3.05, 3.63) is 36.4 Å². The van der Waals surface area contributed by atoms with E-state index in [1.54, 1.807) is 11.8 Å². The zero-order valence-electron chi connectivity index (χ0n) is 12.8. The third kappa shape index (κ3) is 2.52. The Balaban J connectivity index is 2.30. The van der Waals surface area contributed by atoms with Crippen molar-refractivity contribution in [2.24, 2.45) is 0 Å². The molecule has 0 saturated heterocycles. The minimum atomic E-state index is -2.92. The molecule has 0 fully saturated rings. The number of benzene rings is 2. The van der Waals surface area contributed by atoms with Crippen molar-refractivity contribution in [3.63, 3.8) is 0 Å². The van der Waals surface area contributed by atoms with Crippen molar-refractivity contribution in [3.8, 4) is 0 Å². The molecule has 0 spiro atoms. The summed E-state index contributed by atoms with van der Waals surface area (Å²) in [4.78, 5) is 15.5. The summed E-state index contributed by atoms with van der Waals surface area (Å²) < 4.78 is 0. The van der Waals surface area contributed by atoms with Gasteiger partial charge in [0.1, 0.15) is 0 Å². The molecule has 2 aromatic rings. The maximum absolute atomic E-state index is 11.0. The fraction of sp³-hybridized carbons (Fsp3) is 0.250. The van der Waals surface area contributed by atoms with Crippen LogP contribution < -0.4 is 15.9 Å². The summed E-state index contributed by atoms with van der Waals surface area (Å²) in [5.74, 6) is 0. The Kier molecular flexibility index (Phi) is 3.07. The topological polar surface area (TPSA) is 49.5 Å². The summed E-state index contributed by atoms with van der Waals surface area (Å²) in [6.07, 6.45) is 0. The van der Waals surface area contributed by atoms with Gasteiger partial charge < -0.3 is 0 Å². The molecule has 21 heavy (non-hydrogen) atoms. The molecule has 1 heterocycles. The summed E-state index contributed by atoms with van der Waals surface area (Å²) in [6.45, 7) is 2.92. The van der Waals surface area contributed by atoms with E-state index in [2.05, 4.69) is 24.1 Å². The molecule has 0 bridgehead atoms. The molecule has 112 valence electrons. The molecule has 0 saturated carbocycles. The van der Waals surface area contributed by atoms with Gasteiger partial charge in [0.2, 0.25) is 0 Å². The fourth-order valence-corrected chi connectivity index (χ4v) is 5.58. The molecular formula is C16H21N2OPS. The summed E-state index contributed by atoms with van der Waals surface area (Å²) in [5.41, 5.74) is 9.04. The van der Waals surface area contributed by atoms with Crippen molar-refractivity contribution in [2.75, 3.05) is 37.7 Å². The van der Waals surface area contributed by atoms with E-state index in [1.807, 2.05) is 44.3 Å². The Morgan fingerprint density at radius 3 is 2.43 bits per heavy atom. The van der Waals surface area contributed by atoms with Crippen molar-refractivity contribution < 1.29 is 4.89 Å². The van der Waals surface area contributed by atoms with E-state index in [1.165, 1.54) is 10.6 Å². The number of para-hydroxylation sites is 1. The van der Waals surface area contributed by atoms with Crippen LogP contribution in [0.4, 0.5) is 17.1 Å². The van der Waals surface area contributed by atoms with Gasteiger partial charge in [0.15, 0.2) is 0 Å². The minimum absolute atomic E-state index is 0.706. The predicted octanol–water partition coefficient (Wildman–Crippen LogP) is 3.48. The number of nitrogen functional groups attached to an aromatic ring is 1. The van der Waals surface area contributed by atoms with Gasteiger partial charge in [0.25, 0.3) is 0 Å². The number of rotatable bonds is 1. The standard InChI is InChI=1S/C16H21N2OPS/c1-18-12-7-5-6-8-14(12)21-15-10-11(17)9-13(16(15)18)20(2,3,4)19/h5-10,19H,17H2,1-4H3. The van der Waals surface area contributed by atoms with Crippen LogP contribution in [0.1, 0.15) is 0 Å². The van der Waals surface area contributed by atoms with Gasteiger partial charge in [-0.25, -0.2) is 0 Å². The van der Waals surface area contributed by atoms with E-state index in [4.69, 9.17) is 5.73 Å². The van der Waals surface area contributed by atoms with Crippen molar-refractivity contribution in [2.45, 2.75) is 9.79 Å². The normalized spacial score (nSPS) is 15.9. The van der Waals surface area contributed by atoms with Crippen LogP contribution >= 0.6 is 18.6 Å². The van der Waals surface area contributed by atoms with E-state index in [0.29, 0.717) is 5.69 Å². The van der Waals surface area contributed by atoms with Crippen LogP contribution in [-0.4, -0.2) is 31.9 Å². The third-order valence-electron chi connectivity index (χ3n) is 3.69. The number of fused-ring (bicyclic) bond motifs is 2. The molecule has 1 aliphatic rings. The van der Waals surface area contributed by atoms with Crippen LogP contribution in [0.25, 0.3) is 0 Å². The first-order valence-corrected chi connectivity index (χ1v) is 11.2. The average Bonchev–Trinajstić information content (AvgIpc) is 2.36. The van der Waals surface area contributed by atoms with Crippen LogP contribution in [-0.2, 0) is 0 Å². The van der Waals surface area contributed by atoms with E-state index in [9.17, 15) is 4.89 Å². The Morgan fingerprint density at radius 2 is 1.76 bits per heavy atom. The Morgan fingerprint density at radius 1 is 1.10 bits per heavy atom. The van der Waals surface area contributed by atoms with Crippen molar-refractivity contribution in [1.82, 2.24) is 0 Å². The van der Waals surface area contributed by atoms with Crippen LogP contribution in [0.15, 0.2) is 46.2 Å². The number of anilines is 3. The van der Waals surface area contributed by atoms with E-state index < -0.39 is 6.83 Å². The number of nitrogens with two attached hydrogens (primary N) is 1. The summed E-state index contributed by atoms with van der Waals surface area (Å²) >= 11 is 1.72. The van der Waals surface area contributed by atoms with Gasteiger partial charge in [-0.05, 0) is 0 Å². The first-order chi connectivity index (χ1) is 9.63. The molecule has 1 aliphatic heterocycles. The van der Waals surface area contributed by atoms with Gasteiger partial charge in [-0.2, -0.15) is 0 Å². The number of hydrogen-bond acceptors (Lipinski definition) is 4. The number of nitrogens with zero attached hydrogens (tertiary/aromatic N) is 1. The van der Waals surface area contributed by atoms with Crippen LogP contribution in [0.3, 0.4) is 0 Å². The Bertz CT molecular complexity index is 728. The van der Waals surface area contributed by atoms with Crippen molar-refractivity contribution >= 4 is 41.0 Å². The molecule has 3 rings (SSSR count). The summed E-state index contributed by atoms with van der Waals surface area (Å²) in [7, 11) is 2.05. The molecule has 0 aliphatic carbocycles. The third-order valence-corrected chi connectivity index (χ3v) is 6.79. The van der Waals surface area contributed by atoms with Gasteiger partial charge >= 0.3 is 130 Å². The molecule has 5 heteroatoms. The molecule has 3 N–H and O–H groups in total. The molecular weight excluding hydrogens is 299 g/mol. The monoisotopic (exact) mass is 320 g/mol. The molecule has 2 aromatic carbocycles. The Hall–Kier alpha value is -1.22. The SMILES string of the molecule is CN1c2ccccc2Sc2cc(N)cc(P(C)(C)(C)O)c21. The summed E-state index contributed by atoms with van der Waals surface area (Å²) in [5, 5.41) is 0.973. The van der Waals surface area contributed by atoms with Gasteiger partial charge in [-0.1, -0.05) is 0 Å². The van der Waals surface area contributed by atoms with Crippen LogP contribution in [0.5, 0.6) is 0 Å². The van der Waals surface area contributed by atoms with E-state index >= 15 is 0 Å². The second kappa shape index (κ2) is 4.39. The average molecular weight is 320 g/mol. The van der Waals surface area contributed by atoms with Gasteiger partial charge in [-0.15, -0.1) is 0 Å². The first-order valence-electron chi connectivity index (χ1n) is 6.84. The fourth-order valence-electron chi connectivity index (χ4n) is 2.68. The predicted molar refractivity (Wildman–Crippen MR) is 96.0 cm³/mol. The van der Waals surface area contributed by atoms with Crippen LogP contribution in [0, 0.1) is 0 Å². The van der Waals surface area contributed by atoms with Gasteiger partial charge in [0, 0.05) is 0 Å². The molecule has 3 nitrogen and oxygen atoms in total. The quantitative estimate of drug-likeness (QED) is 0.624. The zero-order valence-corrected chi connectivity index (χ0v) is 14.5. The Labute approximate surface area is 130 Å². The molecule has 0 unspecified atom stereocenters. The van der Waals surface area contributed by atoms with Gasteiger partial charge in [-0.3, -0.25) is 0 Å². The van der Waals surface area contributed by atoms with Crippen LogP contribution in [0.2, 0.25) is 0 Å². The molecule has 0 amide bonds. The number of hydrogen-bond donors (Lipinski definition) is 2. The van der Waals surface area contributed by atoms with E-state index in [0.717, 1.165) is 15.9 Å². The van der Waals surface area contributed by atoms with E-state index in [-0.39, 0.29) is 0 Å². The second-order valence-electron chi connectivity index (χ2n) is 6.73. The first kappa shape index (κ1) is 14.7. The maximum atomic E-state index is 11.0. The molecule has 0 radical (unpaired) electrons.